The number of hydrogen-bond acceptors (Lipinski definition) is 6. The Balaban J connectivity index is 2.10. The van der Waals surface area contributed by atoms with Gasteiger partial charge in [0.2, 0.25) is 5.82 Å². The number of nitro benzene ring substituents is 1. The summed E-state index contributed by atoms with van der Waals surface area (Å²) in [6.07, 6.45) is 1.23. The molecule has 1 heterocycles. The molecular formula is C16H11FIN3O4. The zero-order chi connectivity index (χ0) is 18.1. The zero-order valence-electron chi connectivity index (χ0n) is 12.8. The van der Waals surface area contributed by atoms with Gasteiger partial charge in [-0.15, -0.1) is 0 Å². The summed E-state index contributed by atoms with van der Waals surface area (Å²) in [5.74, 6) is -2.61. The molecule has 1 aliphatic rings. The molecule has 0 spiro atoms. The van der Waals surface area contributed by atoms with E-state index in [1.54, 1.807) is 6.07 Å². The zero-order valence-corrected chi connectivity index (χ0v) is 15.0. The predicted molar refractivity (Wildman–Crippen MR) is 97.6 cm³/mol. The molecule has 25 heavy (non-hydrogen) atoms. The van der Waals surface area contributed by atoms with Gasteiger partial charge in [-0.2, -0.15) is 4.39 Å². The van der Waals surface area contributed by atoms with Gasteiger partial charge < -0.3 is 10.2 Å². The molecule has 0 fully saturated rings. The third-order valence-electron chi connectivity index (χ3n) is 3.72. The minimum atomic E-state index is -0.997. The summed E-state index contributed by atoms with van der Waals surface area (Å²) in [5, 5.41) is 17.5. The van der Waals surface area contributed by atoms with Crippen LogP contribution in [0.1, 0.15) is 17.0 Å². The number of nitrogens with one attached hydrogen (secondary N) is 1. The minimum Gasteiger partial charge on any atom is -0.355 e. The number of benzene rings is 2. The number of nitro groups is 1. The van der Waals surface area contributed by atoms with Crippen molar-refractivity contribution < 1.29 is 18.9 Å². The molecule has 1 unspecified atom stereocenters. The normalized spacial score (nSPS) is 16.0. The van der Waals surface area contributed by atoms with Crippen molar-refractivity contribution in [1.29, 1.82) is 0 Å². The number of rotatable bonds is 4. The summed E-state index contributed by atoms with van der Waals surface area (Å²) in [6.45, 7) is 1.87. The second-order valence-electron chi connectivity index (χ2n) is 5.37. The molecule has 0 aromatic heterocycles. The monoisotopic (exact) mass is 455 g/mol. The fourth-order valence-electron chi connectivity index (χ4n) is 2.46. The third kappa shape index (κ3) is 3.45. The first kappa shape index (κ1) is 17.3. The molecule has 0 saturated heterocycles. The lowest BCUT2D eigenvalue weighted by Gasteiger charge is -2.16. The minimum absolute atomic E-state index is 0.220. The Morgan fingerprint density at radius 3 is 2.68 bits per heavy atom. The van der Waals surface area contributed by atoms with Gasteiger partial charge in [-0.3, -0.25) is 10.1 Å². The average Bonchev–Trinajstić information content (AvgIpc) is 2.96. The molecule has 3 rings (SSSR count). The van der Waals surface area contributed by atoms with Crippen LogP contribution in [-0.2, 0) is 9.63 Å². The van der Waals surface area contributed by atoms with Crippen LogP contribution < -0.4 is 5.32 Å². The highest BCUT2D eigenvalue weighted by molar-refractivity contribution is 14.1. The Kier molecular flexibility index (Phi) is 4.66. The Morgan fingerprint density at radius 1 is 1.32 bits per heavy atom. The average molecular weight is 455 g/mol. The van der Waals surface area contributed by atoms with Crippen molar-refractivity contribution in [3.05, 3.63) is 61.0 Å². The van der Waals surface area contributed by atoms with Crippen LogP contribution in [-0.4, -0.2) is 17.1 Å². The van der Waals surface area contributed by atoms with E-state index >= 15 is 0 Å². The van der Waals surface area contributed by atoms with Crippen LogP contribution in [0.2, 0.25) is 0 Å². The molecule has 0 radical (unpaired) electrons. The second kappa shape index (κ2) is 6.75. The van der Waals surface area contributed by atoms with E-state index in [1.807, 2.05) is 19.1 Å². The molecule has 1 N–H and O–H groups in total. The number of carbonyl (C=O) groups is 1. The highest BCUT2D eigenvalue weighted by atomic mass is 127. The number of oxime groups is 1. The molecule has 0 saturated carbocycles. The molecule has 128 valence electrons. The molecule has 0 aliphatic carbocycles. The number of anilines is 2. The van der Waals surface area contributed by atoms with Crippen molar-refractivity contribution >= 4 is 51.8 Å². The van der Waals surface area contributed by atoms with Gasteiger partial charge in [-0.05, 0) is 53.3 Å². The van der Waals surface area contributed by atoms with E-state index in [0.29, 0.717) is 5.69 Å². The van der Waals surface area contributed by atoms with Crippen LogP contribution in [0.5, 0.6) is 0 Å². The number of carbonyl (C=O) groups excluding carboxylic acids is 1. The summed E-state index contributed by atoms with van der Waals surface area (Å²) in [4.78, 5) is 26.5. The Bertz CT molecular complexity index is 916. The van der Waals surface area contributed by atoms with Gasteiger partial charge >= 0.3 is 11.7 Å². The molecule has 2 aromatic carbocycles. The van der Waals surface area contributed by atoms with E-state index < -0.39 is 28.3 Å². The molecule has 0 bridgehead atoms. The van der Waals surface area contributed by atoms with Crippen LogP contribution in [0, 0.1) is 26.4 Å². The topological polar surface area (TPSA) is 93.8 Å². The maximum atomic E-state index is 14.1. The SMILES string of the molecule is Cc1cc(I)ccc1Nc1cc(F)c([N+](=O)[O-])cc1C1C=NOC1=O. The first-order valence-electron chi connectivity index (χ1n) is 7.12. The standard InChI is InChI=1S/C16H11FIN3O4/c1-8-4-9(18)2-3-13(8)20-14-6-12(17)15(21(23)24)5-10(14)11-7-19-25-16(11)22/h2-7,11,20H,1H3. The van der Waals surface area contributed by atoms with Crippen molar-refractivity contribution in [2.75, 3.05) is 5.32 Å². The van der Waals surface area contributed by atoms with Gasteiger partial charge in [-0.25, -0.2) is 4.79 Å². The van der Waals surface area contributed by atoms with E-state index in [4.69, 9.17) is 0 Å². The third-order valence-corrected chi connectivity index (χ3v) is 4.39. The summed E-state index contributed by atoms with van der Waals surface area (Å²) >= 11 is 2.17. The van der Waals surface area contributed by atoms with Gasteiger partial charge in [0.05, 0.1) is 11.1 Å². The smallest absolute Gasteiger partial charge is 0.347 e. The highest BCUT2D eigenvalue weighted by Crippen LogP contribution is 2.35. The fraction of sp³-hybridized carbons (Fsp3) is 0.125. The number of halogens is 2. The van der Waals surface area contributed by atoms with Crippen LogP contribution in [0.3, 0.4) is 0 Å². The van der Waals surface area contributed by atoms with E-state index in [1.165, 1.54) is 6.21 Å². The largest absolute Gasteiger partial charge is 0.355 e. The Hall–Kier alpha value is -2.56. The molecule has 1 atom stereocenters. The summed E-state index contributed by atoms with van der Waals surface area (Å²) in [5.41, 5.74) is 1.34. The second-order valence-corrected chi connectivity index (χ2v) is 6.62. The molecule has 1 aliphatic heterocycles. The van der Waals surface area contributed by atoms with Crippen LogP contribution in [0.4, 0.5) is 21.5 Å². The molecule has 0 amide bonds. The van der Waals surface area contributed by atoms with Crippen LogP contribution in [0.15, 0.2) is 35.5 Å². The van der Waals surface area contributed by atoms with Gasteiger partial charge in [0.15, 0.2) is 0 Å². The van der Waals surface area contributed by atoms with Crippen molar-refractivity contribution in [3.63, 3.8) is 0 Å². The lowest BCUT2D eigenvalue weighted by molar-refractivity contribution is -0.387. The van der Waals surface area contributed by atoms with Gasteiger partial charge in [0.1, 0.15) is 5.92 Å². The molecule has 2 aromatic rings. The first-order chi connectivity index (χ1) is 11.9. The van der Waals surface area contributed by atoms with Crippen molar-refractivity contribution in [2.24, 2.45) is 5.16 Å². The van der Waals surface area contributed by atoms with Crippen LogP contribution in [0.25, 0.3) is 0 Å². The van der Waals surface area contributed by atoms with Crippen molar-refractivity contribution in [1.82, 2.24) is 0 Å². The Morgan fingerprint density at radius 2 is 2.08 bits per heavy atom. The summed E-state index contributed by atoms with van der Waals surface area (Å²) < 4.78 is 15.1. The number of aryl methyl sites for hydroxylation is 1. The van der Waals surface area contributed by atoms with E-state index in [2.05, 4.69) is 37.9 Å². The molecule has 9 heteroatoms. The quantitative estimate of drug-likeness (QED) is 0.326. The maximum Gasteiger partial charge on any atom is 0.347 e. The van der Waals surface area contributed by atoms with Gasteiger partial charge in [0, 0.05) is 32.6 Å². The number of hydrogen-bond donors (Lipinski definition) is 1. The number of nitrogens with zero attached hydrogens (tertiary/aromatic N) is 2. The van der Waals surface area contributed by atoms with Crippen LogP contribution >= 0.6 is 22.6 Å². The van der Waals surface area contributed by atoms with E-state index in [-0.39, 0.29) is 11.3 Å². The molecule has 7 nitrogen and oxygen atoms in total. The maximum absolute atomic E-state index is 14.1. The van der Waals surface area contributed by atoms with Crippen molar-refractivity contribution in [2.45, 2.75) is 12.8 Å². The summed E-state index contributed by atoms with van der Waals surface area (Å²) in [6, 6.07) is 7.63. The predicted octanol–water partition coefficient (Wildman–Crippen LogP) is 4.02. The first-order valence-corrected chi connectivity index (χ1v) is 8.20. The molecular weight excluding hydrogens is 444 g/mol. The van der Waals surface area contributed by atoms with E-state index in [9.17, 15) is 19.3 Å². The fourth-order valence-corrected chi connectivity index (χ4v) is 3.11. The van der Waals surface area contributed by atoms with Gasteiger partial charge in [0.25, 0.3) is 0 Å². The van der Waals surface area contributed by atoms with Crippen molar-refractivity contribution in [3.8, 4) is 0 Å². The van der Waals surface area contributed by atoms with E-state index in [0.717, 1.165) is 21.3 Å². The lowest BCUT2D eigenvalue weighted by atomic mass is 9.97. The lowest BCUT2D eigenvalue weighted by Crippen LogP contribution is -2.12. The Labute approximate surface area is 155 Å². The summed E-state index contributed by atoms with van der Waals surface area (Å²) in [7, 11) is 0. The van der Waals surface area contributed by atoms with Gasteiger partial charge in [-0.1, -0.05) is 5.16 Å². The highest BCUT2D eigenvalue weighted by Gasteiger charge is 2.31.